The van der Waals surface area contributed by atoms with E-state index < -0.39 is 16.6 Å². The van der Waals surface area contributed by atoms with Crippen molar-refractivity contribution in [2.45, 2.75) is 12.1 Å². The number of benzene rings is 1. The summed E-state index contributed by atoms with van der Waals surface area (Å²) in [6.45, 7) is 2.46. The Bertz CT molecular complexity index is 1290. The second-order valence-electron chi connectivity index (χ2n) is 8.73. The van der Waals surface area contributed by atoms with Gasteiger partial charge in [-0.2, -0.15) is 0 Å². The van der Waals surface area contributed by atoms with Crippen LogP contribution in [0.4, 0.5) is 5.82 Å². The van der Waals surface area contributed by atoms with E-state index in [2.05, 4.69) is 14.6 Å². The number of ether oxygens (including phenoxy) is 2. The first kappa shape index (κ1) is 23.0. The van der Waals surface area contributed by atoms with E-state index in [1.807, 2.05) is 30.1 Å². The van der Waals surface area contributed by atoms with E-state index >= 15 is 0 Å². The summed E-state index contributed by atoms with van der Waals surface area (Å²) >= 11 is 6.25. The van der Waals surface area contributed by atoms with Gasteiger partial charge >= 0.3 is 5.97 Å². The van der Waals surface area contributed by atoms with Gasteiger partial charge in [-0.1, -0.05) is 17.7 Å². The van der Waals surface area contributed by atoms with Crippen LogP contribution in [0.15, 0.2) is 30.5 Å². The second-order valence-corrected chi connectivity index (χ2v) is 10.3. The Balaban J connectivity index is 1.57. The molecule has 1 spiro atoms. The van der Waals surface area contributed by atoms with Crippen molar-refractivity contribution in [3.8, 4) is 11.4 Å². The summed E-state index contributed by atoms with van der Waals surface area (Å²) in [5.74, 6) is 0.964. The third-order valence-corrected chi connectivity index (χ3v) is 6.77. The lowest BCUT2D eigenvalue weighted by atomic mass is 9.92. The zero-order valence-electron chi connectivity index (χ0n) is 19.1. The molecule has 2 aromatic heterocycles. The molecule has 2 aliphatic heterocycles. The van der Waals surface area contributed by atoms with Crippen molar-refractivity contribution in [3.63, 3.8) is 0 Å². The average Bonchev–Trinajstić information content (AvgIpc) is 3.14. The fourth-order valence-corrected chi connectivity index (χ4v) is 5.22. The van der Waals surface area contributed by atoms with Crippen LogP contribution in [0, 0.1) is 0 Å². The Morgan fingerprint density at radius 3 is 2.79 bits per heavy atom. The molecule has 1 aromatic carbocycles. The molecular formula is C22H25ClN6O4S. The molecule has 1 atom stereocenters. The summed E-state index contributed by atoms with van der Waals surface area (Å²) in [6, 6.07) is 7.44. The highest BCUT2D eigenvalue weighted by molar-refractivity contribution is 7.82. The van der Waals surface area contributed by atoms with Crippen LogP contribution in [-0.2, 0) is 27.1 Å². The number of hydrogen-bond acceptors (Lipinski definition) is 8. The third kappa shape index (κ3) is 4.24. The number of likely N-dealkylation sites (N-methyl/N-ethyl adjacent to an activating group) is 1. The first-order valence-electron chi connectivity index (χ1n) is 10.7. The van der Waals surface area contributed by atoms with Gasteiger partial charge in [-0.25, -0.2) is 18.6 Å². The minimum Gasteiger partial charge on any atom is -0.494 e. The van der Waals surface area contributed by atoms with E-state index in [0.717, 1.165) is 16.5 Å². The highest BCUT2D eigenvalue weighted by atomic mass is 35.5. The molecule has 0 radical (unpaired) electrons. The van der Waals surface area contributed by atoms with Crippen LogP contribution in [0.1, 0.15) is 5.56 Å². The molecule has 2 fully saturated rings. The van der Waals surface area contributed by atoms with E-state index in [1.54, 1.807) is 30.3 Å². The SMILES string of the molecule is COc1cc(CNS(C)=O)ccc1-n1nc(N2CC(=O)OC3(CN(C)C3)C2)c2cnc(Cl)cc21. The largest absolute Gasteiger partial charge is 0.494 e. The highest BCUT2D eigenvalue weighted by Crippen LogP contribution is 2.36. The summed E-state index contributed by atoms with van der Waals surface area (Å²) in [4.78, 5) is 20.8. The Kier molecular flexibility index (Phi) is 5.96. The molecule has 0 amide bonds. The van der Waals surface area contributed by atoms with Crippen molar-refractivity contribution in [2.24, 2.45) is 0 Å². The quantitative estimate of drug-likeness (QED) is 0.398. The van der Waals surface area contributed by atoms with E-state index in [9.17, 15) is 9.00 Å². The fraction of sp³-hybridized carbons (Fsp3) is 0.409. The third-order valence-electron chi connectivity index (χ3n) is 6.01. The molecule has 34 heavy (non-hydrogen) atoms. The van der Waals surface area contributed by atoms with Crippen LogP contribution in [0.5, 0.6) is 5.75 Å². The summed E-state index contributed by atoms with van der Waals surface area (Å²) in [5.41, 5.74) is 1.85. The predicted molar refractivity (Wildman–Crippen MR) is 130 cm³/mol. The van der Waals surface area contributed by atoms with Crippen molar-refractivity contribution in [1.82, 2.24) is 24.4 Å². The van der Waals surface area contributed by atoms with Crippen molar-refractivity contribution in [1.29, 1.82) is 0 Å². The van der Waals surface area contributed by atoms with Gasteiger partial charge in [0.1, 0.15) is 23.1 Å². The monoisotopic (exact) mass is 504 g/mol. The molecule has 2 aliphatic rings. The lowest BCUT2D eigenvalue weighted by Crippen LogP contribution is -2.70. The molecule has 0 bridgehead atoms. The first-order chi connectivity index (χ1) is 16.3. The fourth-order valence-electron chi connectivity index (χ4n) is 4.70. The number of nitrogens with one attached hydrogen (secondary N) is 1. The number of morpholine rings is 1. The van der Waals surface area contributed by atoms with Gasteiger partial charge in [-0.3, -0.25) is 9.69 Å². The van der Waals surface area contributed by atoms with Crippen molar-refractivity contribution in [2.75, 3.05) is 51.5 Å². The molecular weight excluding hydrogens is 480 g/mol. The molecule has 1 unspecified atom stereocenters. The molecule has 0 saturated carbocycles. The van der Waals surface area contributed by atoms with Gasteiger partial charge in [0.15, 0.2) is 11.4 Å². The van der Waals surface area contributed by atoms with Crippen LogP contribution in [-0.4, -0.2) is 82.0 Å². The summed E-state index contributed by atoms with van der Waals surface area (Å²) in [6.07, 6.45) is 3.26. The maximum Gasteiger partial charge on any atom is 0.326 e. The minimum atomic E-state index is -1.12. The van der Waals surface area contributed by atoms with Gasteiger partial charge in [0.05, 0.1) is 35.5 Å². The van der Waals surface area contributed by atoms with E-state index in [4.69, 9.17) is 26.2 Å². The Morgan fingerprint density at radius 1 is 1.29 bits per heavy atom. The number of methoxy groups -OCH3 is 1. The van der Waals surface area contributed by atoms with Gasteiger partial charge in [0.2, 0.25) is 0 Å². The zero-order valence-corrected chi connectivity index (χ0v) is 20.6. The number of fused-ring (bicyclic) bond motifs is 1. The molecule has 4 heterocycles. The number of hydrogen-bond donors (Lipinski definition) is 1. The second kappa shape index (κ2) is 8.81. The topological polar surface area (TPSA) is 102 Å². The minimum absolute atomic E-state index is 0.107. The number of nitrogens with zero attached hydrogens (tertiary/aromatic N) is 5. The Morgan fingerprint density at radius 2 is 2.09 bits per heavy atom. The predicted octanol–water partition coefficient (Wildman–Crippen LogP) is 1.51. The molecule has 1 N–H and O–H groups in total. The van der Waals surface area contributed by atoms with E-state index in [1.165, 1.54) is 0 Å². The van der Waals surface area contributed by atoms with Gasteiger partial charge < -0.3 is 14.4 Å². The number of likely N-dealkylation sites (tertiary alicyclic amines) is 1. The zero-order chi connectivity index (χ0) is 24.0. The van der Waals surface area contributed by atoms with Crippen LogP contribution in [0.2, 0.25) is 5.15 Å². The number of halogens is 1. The van der Waals surface area contributed by atoms with E-state index in [0.29, 0.717) is 48.6 Å². The average molecular weight is 505 g/mol. The molecule has 180 valence electrons. The number of aromatic nitrogens is 3. The normalized spacial score (nSPS) is 18.7. The number of esters is 1. The summed E-state index contributed by atoms with van der Waals surface area (Å²) in [7, 11) is 2.47. The lowest BCUT2D eigenvalue weighted by Gasteiger charge is -2.51. The number of pyridine rings is 1. The standard InChI is InChI=1S/C22H25ClN6O4S/c1-27-11-22(12-27)13-28(10-20(30)33-22)21-15-9-24-19(23)7-17(15)29(26-21)16-5-4-14(6-18(16)32-2)8-25-34(3)31/h4-7,9,25H,8,10-13H2,1-3H3. The van der Waals surface area contributed by atoms with Crippen molar-refractivity contribution >= 4 is 45.3 Å². The Hall–Kier alpha value is -2.73. The lowest BCUT2D eigenvalue weighted by molar-refractivity contribution is -0.180. The molecule has 12 heteroatoms. The van der Waals surface area contributed by atoms with Gasteiger partial charge in [-0.05, 0) is 24.7 Å². The van der Waals surface area contributed by atoms with Crippen LogP contribution >= 0.6 is 11.6 Å². The number of rotatable bonds is 6. The van der Waals surface area contributed by atoms with Crippen LogP contribution < -0.4 is 14.4 Å². The maximum absolute atomic E-state index is 12.5. The molecule has 5 rings (SSSR count). The molecule has 3 aromatic rings. The van der Waals surface area contributed by atoms with Gasteiger partial charge in [-0.15, -0.1) is 5.10 Å². The van der Waals surface area contributed by atoms with Crippen molar-refractivity contribution < 1.29 is 18.5 Å². The number of carbonyl (C=O) groups is 1. The van der Waals surface area contributed by atoms with Crippen molar-refractivity contribution in [3.05, 3.63) is 41.2 Å². The van der Waals surface area contributed by atoms with Crippen LogP contribution in [0.3, 0.4) is 0 Å². The molecule has 10 nitrogen and oxygen atoms in total. The highest BCUT2D eigenvalue weighted by Gasteiger charge is 2.49. The molecule has 2 saturated heterocycles. The molecule has 0 aliphatic carbocycles. The van der Waals surface area contributed by atoms with Gasteiger partial charge in [0.25, 0.3) is 0 Å². The van der Waals surface area contributed by atoms with Gasteiger partial charge in [0, 0.05) is 38.2 Å². The summed E-state index contributed by atoms with van der Waals surface area (Å²) in [5, 5.41) is 6.00. The number of anilines is 1. The summed E-state index contributed by atoms with van der Waals surface area (Å²) < 4.78 is 27.4. The van der Waals surface area contributed by atoms with Crippen LogP contribution in [0.25, 0.3) is 16.6 Å². The Labute approximate surface area is 204 Å². The first-order valence-corrected chi connectivity index (χ1v) is 12.6. The maximum atomic E-state index is 12.5. The smallest absolute Gasteiger partial charge is 0.326 e. The number of carbonyl (C=O) groups excluding carboxylic acids is 1. The van der Waals surface area contributed by atoms with E-state index in [-0.39, 0.29) is 12.5 Å².